The summed E-state index contributed by atoms with van der Waals surface area (Å²) < 4.78 is 5.56. The highest BCUT2D eigenvalue weighted by molar-refractivity contribution is 5.80. The third kappa shape index (κ3) is 4.97. The first kappa shape index (κ1) is 17.8. The molecule has 1 aromatic rings. The third-order valence-corrected chi connectivity index (χ3v) is 5.22. The van der Waals surface area contributed by atoms with Crippen molar-refractivity contribution in [2.45, 2.75) is 38.5 Å². The molecular weight excluding hydrogens is 316 g/mol. The van der Waals surface area contributed by atoms with Crippen LogP contribution in [0.3, 0.4) is 0 Å². The number of nitrogens with zero attached hydrogens (tertiary/aromatic N) is 2. The Hall–Kier alpha value is -2.04. The van der Waals surface area contributed by atoms with Gasteiger partial charge in [-0.25, -0.2) is 0 Å². The summed E-state index contributed by atoms with van der Waals surface area (Å²) in [5.74, 6) is 1.21. The fourth-order valence-corrected chi connectivity index (χ4v) is 3.75. The summed E-state index contributed by atoms with van der Waals surface area (Å²) in [6, 6.07) is 9.39. The molecule has 3 rings (SSSR count). The maximum absolute atomic E-state index is 12.7. The van der Waals surface area contributed by atoms with Gasteiger partial charge in [-0.3, -0.25) is 9.59 Å². The molecule has 1 saturated carbocycles. The summed E-state index contributed by atoms with van der Waals surface area (Å²) >= 11 is 0. The molecule has 0 N–H and O–H groups in total. The number of amides is 2. The van der Waals surface area contributed by atoms with Gasteiger partial charge >= 0.3 is 0 Å². The minimum absolute atomic E-state index is 0.00387. The largest absolute Gasteiger partial charge is 0.484 e. The van der Waals surface area contributed by atoms with Crippen LogP contribution in [-0.4, -0.2) is 54.4 Å². The highest BCUT2D eigenvalue weighted by Crippen LogP contribution is 2.25. The second-order valence-electron chi connectivity index (χ2n) is 7.00. The lowest BCUT2D eigenvalue weighted by molar-refractivity contribution is -0.137. The van der Waals surface area contributed by atoms with Crippen LogP contribution >= 0.6 is 0 Å². The molecule has 2 amide bonds. The van der Waals surface area contributed by atoms with E-state index in [-0.39, 0.29) is 18.4 Å². The van der Waals surface area contributed by atoms with E-state index in [1.807, 2.05) is 40.1 Å². The minimum Gasteiger partial charge on any atom is -0.484 e. The number of carbonyl (C=O) groups is 2. The van der Waals surface area contributed by atoms with Crippen molar-refractivity contribution in [2.24, 2.45) is 5.92 Å². The molecule has 136 valence electrons. The van der Waals surface area contributed by atoms with Crippen LogP contribution < -0.4 is 4.74 Å². The second-order valence-corrected chi connectivity index (χ2v) is 7.00. The van der Waals surface area contributed by atoms with E-state index in [4.69, 9.17) is 4.74 Å². The van der Waals surface area contributed by atoms with Gasteiger partial charge in [0.05, 0.1) is 0 Å². The number of ether oxygens (including phenoxy) is 1. The Kier molecular flexibility index (Phi) is 6.31. The van der Waals surface area contributed by atoms with Crippen molar-refractivity contribution in [1.29, 1.82) is 0 Å². The average Bonchev–Trinajstić information content (AvgIpc) is 2.93. The van der Waals surface area contributed by atoms with Gasteiger partial charge in [0, 0.05) is 32.1 Å². The zero-order valence-electron chi connectivity index (χ0n) is 14.9. The molecule has 1 aromatic carbocycles. The van der Waals surface area contributed by atoms with Crippen LogP contribution in [0.5, 0.6) is 5.75 Å². The van der Waals surface area contributed by atoms with Gasteiger partial charge in [-0.05, 0) is 31.4 Å². The summed E-state index contributed by atoms with van der Waals surface area (Å²) in [4.78, 5) is 28.9. The van der Waals surface area contributed by atoms with Crippen LogP contribution in [0.2, 0.25) is 0 Å². The molecule has 5 nitrogen and oxygen atoms in total. The number of carbonyl (C=O) groups excluding carboxylic acids is 2. The van der Waals surface area contributed by atoms with E-state index in [0.29, 0.717) is 31.3 Å². The standard InChI is InChI=1S/C20H28N2O3/c23-19(16-25-18-10-5-2-6-11-18)21-12-7-13-22(15-14-21)20(24)17-8-3-1-4-9-17/h2,5-6,10-11,17H,1,3-4,7-9,12-16H2. The smallest absolute Gasteiger partial charge is 0.260 e. The molecule has 1 aliphatic carbocycles. The molecule has 0 unspecified atom stereocenters. The summed E-state index contributed by atoms with van der Waals surface area (Å²) in [7, 11) is 0. The van der Waals surface area contributed by atoms with Gasteiger partial charge in [0.2, 0.25) is 5.91 Å². The van der Waals surface area contributed by atoms with Crippen molar-refractivity contribution < 1.29 is 14.3 Å². The summed E-state index contributed by atoms with van der Waals surface area (Å²) in [5, 5.41) is 0. The zero-order valence-corrected chi connectivity index (χ0v) is 14.9. The second kappa shape index (κ2) is 8.88. The van der Waals surface area contributed by atoms with Crippen LogP contribution in [0.1, 0.15) is 38.5 Å². The van der Waals surface area contributed by atoms with Gasteiger partial charge in [0.1, 0.15) is 5.75 Å². The van der Waals surface area contributed by atoms with Gasteiger partial charge in [0.15, 0.2) is 6.61 Å². The van der Waals surface area contributed by atoms with Crippen LogP contribution in [0.25, 0.3) is 0 Å². The van der Waals surface area contributed by atoms with Crippen molar-refractivity contribution in [3.05, 3.63) is 30.3 Å². The first-order valence-corrected chi connectivity index (χ1v) is 9.48. The Morgan fingerprint density at radius 2 is 1.56 bits per heavy atom. The van der Waals surface area contributed by atoms with E-state index in [2.05, 4.69) is 0 Å². The highest BCUT2D eigenvalue weighted by Gasteiger charge is 2.28. The van der Waals surface area contributed by atoms with E-state index in [1.54, 1.807) is 0 Å². The Labute approximate surface area is 149 Å². The molecule has 25 heavy (non-hydrogen) atoms. The van der Waals surface area contributed by atoms with E-state index >= 15 is 0 Å². The lowest BCUT2D eigenvalue weighted by atomic mass is 9.88. The maximum atomic E-state index is 12.7. The van der Waals surface area contributed by atoms with E-state index in [9.17, 15) is 9.59 Å². The molecular formula is C20H28N2O3. The summed E-state index contributed by atoms with van der Waals surface area (Å²) in [6.45, 7) is 2.77. The monoisotopic (exact) mass is 344 g/mol. The predicted molar refractivity (Wildman–Crippen MR) is 96.3 cm³/mol. The minimum atomic E-state index is -0.00387. The molecule has 0 spiro atoms. The molecule has 0 atom stereocenters. The summed E-state index contributed by atoms with van der Waals surface area (Å²) in [5.41, 5.74) is 0. The van der Waals surface area contributed by atoms with Crippen LogP contribution in [-0.2, 0) is 9.59 Å². The van der Waals surface area contributed by atoms with E-state index < -0.39 is 0 Å². The number of hydrogen-bond acceptors (Lipinski definition) is 3. The van der Waals surface area contributed by atoms with Gasteiger partial charge in [-0.1, -0.05) is 37.5 Å². The highest BCUT2D eigenvalue weighted by atomic mass is 16.5. The Balaban J connectivity index is 1.47. The number of para-hydroxylation sites is 1. The Morgan fingerprint density at radius 3 is 2.32 bits per heavy atom. The van der Waals surface area contributed by atoms with Crippen molar-refractivity contribution in [2.75, 3.05) is 32.8 Å². The maximum Gasteiger partial charge on any atom is 0.260 e. The van der Waals surface area contributed by atoms with Gasteiger partial charge < -0.3 is 14.5 Å². The normalized spacial score (nSPS) is 19.4. The zero-order chi connectivity index (χ0) is 17.5. The third-order valence-electron chi connectivity index (χ3n) is 5.22. The molecule has 0 bridgehead atoms. The van der Waals surface area contributed by atoms with Gasteiger partial charge in [0.25, 0.3) is 5.91 Å². The van der Waals surface area contributed by atoms with Gasteiger partial charge in [-0.2, -0.15) is 0 Å². The van der Waals surface area contributed by atoms with Crippen molar-refractivity contribution in [1.82, 2.24) is 9.80 Å². The lowest BCUT2D eigenvalue weighted by Gasteiger charge is -2.28. The van der Waals surface area contributed by atoms with Gasteiger partial charge in [-0.15, -0.1) is 0 Å². The molecule has 0 aromatic heterocycles. The first-order chi connectivity index (χ1) is 12.2. The molecule has 0 radical (unpaired) electrons. The predicted octanol–water partition coefficient (Wildman–Crippen LogP) is 2.71. The van der Waals surface area contributed by atoms with Crippen LogP contribution in [0.4, 0.5) is 0 Å². The SMILES string of the molecule is O=C(COc1ccccc1)N1CCCN(C(=O)C2CCCCC2)CC1. The fraction of sp³-hybridized carbons (Fsp3) is 0.600. The molecule has 2 fully saturated rings. The van der Waals surface area contributed by atoms with Crippen LogP contribution in [0.15, 0.2) is 30.3 Å². The topological polar surface area (TPSA) is 49.9 Å². The van der Waals surface area contributed by atoms with E-state index in [0.717, 1.165) is 25.8 Å². The molecule has 5 heteroatoms. The average molecular weight is 344 g/mol. The number of rotatable bonds is 4. The Bertz CT molecular complexity index is 570. The molecule has 1 heterocycles. The number of benzene rings is 1. The van der Waals surface area contributed by atoms with E-state index in [1.165, 1.54) is 19.3 Å². The number of hydrogen-bond donors (Lipinski definition) is 0. The quantitative estimate of drug-likeness (QED) is 0.844. The molecule has 1 aliphatic heterocycles. The molecule has 2 aliphatic rings. The fourth-order valence-electron chi connectivity index (χ4n) is 3.75. The molecule has 1 saturated heterocycles. The lowest BCUT2D eigenvalue weighted by Crippen LogP contribution is -2.41. The first-order valence-electron chi connectivity index (χ1n) is 9.48. The van der Waals surface area contributed by atoms with Crippen molar-refractivity contribution in [3.63, 3.8) is 0 Å². The van der Waals surface area contributed by atoms with Crippen molar-refractivity contribution >= 4 is 11.8 Å². The van der Waals surface area contributed by atoms with Crippen LogP contribution in [0, 0.1) is 5.92 Å². The summed E-state index contributed by atoms with van der Waals surface area (Å²) in [6.07, 6.45) is 6.51. The Morgan fingerprint density at radius 1 is 0.880 bits per heavy atom. The van der Waals surface area contributed by atoms with Crippen molar-refractivity contribution in [3.8, 4) is 5.75 Å².